The molecule has 1 atom stereocenters. The van der Waals surface area contributed by atoms with Crippen molar-refractivity contribution in [1.82, 2.24) is 10.2 Å². The standard InChI is InChI=1S/C17H24Cl2N2O3/c1-12(2)15(21-5-7-23-8-6-21)10-20-17(22)11-24-16-4-3-13(18)9-14(16)19/h3-4,9,12,15H,5-8,10-11H2,1-2H3,(H,20,22). The first-order chi connectivity index (χ1) is 11.5. The number of nitrogens with one attached hydrogen (secondary N) is 1. The lowest BCUT2D eigenvalue weighted by Crippen LogP contribution is -2.51. The van der Waals surface area contributed by atoms with Gasteiger partial charge in [0.2, 0.25) is 0 Å². The van der Waals surface area contributed by atoms with E-state index in [1.54, 1.807) is 18.2 Å². The summed E-state index contributed by atoms with van der Waals surface area (Å²) in [5, 5.41) is 3.87. The number of hydrogen-bond donors (Lipinski definition) is 1. The quantitative estimate of drug-likeness (QED) is 0.796. The molecule has 1 N–H and O–H groups in total. The highest BCUT2D eigenvalue weighted by molar-refractivity contribution is 6.35. The van der Waals surface area contributed by atoms with Gasteiger partial charge in [0.25, 0.3) is 5.91 Å². The minimum Gasteiger partial charge on any atom is -0.482 e. The number of benzene rings is 1. The van der Waals surface area contributed by atoms with Crippen LogP contribution >= 0.6 is 23.2 Å². The van der Waals surface area contributed by atoms with E-state index in [1.165, 1.54) is 0 Å². The molecule has 1 fully saturated rings. The van der Waals surface area contributed by atoms with Crippen LogP contribution in [0.5, 0.6) is 5.75 Å². The van der Waals surface area contributed by atoms with Gasteiger partial charge in [-0.1, -0.05) is 37.0 Å². The zero-order valence-corrected chi connectivity index (χ0v) is 15.6. The van der Waals surface area contributed by atoms with Gasteiger partial charge in [-0.15, -0.1) is 0 Å². The Morgan fingerprint density at radius 2 is 2.04 bits per heavy atom. The third kappa shape index (κ3) is 5.81. The molecule has 1 unspecified atom stereocenters. The molecule has 24 heavy (non-hydrogen) atoms. The number of carbonyl (C=O) groups is 1. The monoisotopic (exact) mass is 374 g/mol. The number of ether oxygens (including phenoxy) is 2. The van der Waals surface area contributed by atoms with Gasteiger partial charge in [-0.25, -0.2) is 0 Å². The molecule has 0 saturated carbocycles. The average Bonchev–Trinajstić information content (AvgIpc) is 2.55. The van der Waals surface area contributed by atoms with Crippen LogP contribution in [0.15, 0.2) is 18.2 Å². The summed E-state index contributed by atoms with van der Waals surface area (Å²) in [6.45, 7) is 8.13. The maximum Gasteiger partial charge on any atom is 0.257 e. The minimum absolute atomic E-state index is 0.0741. The van der Waals surface area contributed by atoms with Gasteiger partial charge < -0.3 is 14.8 Å². The van der Waals surface area contributed by atoms with Crippen LogP contribution in [0.4, 0.5) is 0 Å². The van der Waals surface area contributed by atoms with Crippen molar-refractivity contribution in [3.8, 4) is 5.75 Å². The Kier molecular flexibility index (Phi) is 7.62. The van der Waals surface area contributed by atoms with Crippen LogP contribution in [0.25, 0.3) is 0 Å². The smallest absolute Gasteiger partial charge is 0.257 e. The molecule has 1 amide bonds. The molecule has 1 saturated heterocycles. The number of rotatable bonds is 7. The third-order valence-corrected chi connectivity index (χ3v) is 4.58. The van der Waals surface area contributed by atoms with Crippen LogP contribution in [0.2, 0.25) is 10.0 Å². The number of morpholine rings is 1. The van der Waals surface area contributed by atoms with Gasteiger partial charge in [-0.2, -0.15) is 0 Å². The molecule has 134 valence electrons. The highest BCUT2D eigenvalue weighted by Crippen LogP contribution is 2.27. The SMILES string of the molecule is CC(C)C(CNC(=O)COc1ccc(Cl)cc1Cl)N1CCOCC1. The van der Waals surface area contributed by atoms with Gasteiger partial charge >= 0.3 is 0 Å². The Balaban J connectivity index is 1.80. The Morgan fingerprint density at radius 3 is 2.67 bits per heavy atom. The number of halogens is 2. The maximum absolute atomic E-state index is 12.1. The summed E-state index contributed by atoms with van der Waals surface area (Å²) in [6, 6.07) is 5.21. The van der Waals surface area contributed by atoms with E-state index in [2.05, 4.69) is 24.1 Å². The van der Waals surface area contributed by atoms with Crippen molar-refractivity contribution in [3.63, 3.8) is 0 Å². The third-order valence-electron chi connectivity index (χ3n) is 4.05. The summed E-state index contributed by atoms with van der Waals surface area (Å²) in [5.41, 5.74) is 0. The molecule has 1 aliphatic heterocycles. The second-order valence-corrected chi connectivity index (χ2v) is 6.97. The Labute approximate surface area is 153 Å². The summed E-state index contributed by atoms with van der Waals surface area (Å²) in [4.78, 5) is 14.4. The first-order valence-electron chi connectivity index (χ1n) is 8.13. The predicted molar refractivity (Wildman–Crippen MR) is 96.0 cm³/mol. The van der Waals surface area contributed by atoms with E-state index in [0.29, 0.717) is 28.3 Å². The first-order valence-corrected chi connectivity index (χ1v) is 8.89. The lowest BCUT2D eigenvalue weighted by atomic mass is 10.0. The number of hydrogen-bond acceptors (Lipinski definition) is 4. The van der Waals surface area contributed by atoms with E-state index in [1.807, 2.05) is 0 Å². The molecule has 0 aromatic heterocycles. The van der Waals surface area contributed by atoms with Crippen LogP contribution in [0.1, 0.15) is 13.8 Å². The van der Waals surface area contributed by atoms with Crippen molar-refractivity contribution < 1.29 is 14.3 Å². The Bertz CT molecular complexity index is 549. The topological polar surface area (TPSA) is 50.8 Å². The van der Waals surface area contributed by atoms with Gasteiger partial charge in [0, 0.05) is 30.7 Å². The molecule has 1 aromatic rings. The summed E-state index contributed by atoms with van der Waals surface area (Å²) in [6.07, 6.45) is 0. The molecular weight excluding hydrogens is 351 g/mol. The van der Waals surface area contributed by atoms with Gasteiger partial charge in [0.1, 0.15) is 5.75 Å². The number of amides is 1. The normalized spacial score (nSPS) is 16.9. The highest BCUT2D eigenvalue weighted by Gasteiger charge is 2.24. The molecule has 1 heterocycles. The van der Waals surface area contributed by atoms with Gasteiger partial charge in [0.15, 0.2) is 6.61 Å². The zero-order chi connectivity index (χ0) is 17.5. The van der Waals surface area contributed by atoms with Gasteiger partial charge in [-0.05, 0) is 24.1 Å². The Hall–Kier alpha value is -1.01. The molecular formula is C17H24Cl2N2O3. The van der Waals surface area contributed by atoms with Crippen molar-refractivity contribution in [2.24, 2.45) is 5.92 Å². The molecule has 0 spiro atoms. The van der Waals surface area contributed by atoms with Gasteiger partial charge in [-0.3, -0.25) is 9.69 Å². The van der Waals surface area contributed by atoms with Crippen LogP contribution in [0.3, 0.4) is 0 Å². The molecule has 1 aliphatic rings. The van der Waals surface area contributed by atoms with E-state index in [0.717, 1.165) is 26.3 Å². The molecule has 1 aromatic carbocycles. The lowest BCUT2D eigenvalue weighted by Gasteiger charge is -2.36. The fraction of sp³-hybridized carbons (Fsp3) is 0.588. The highest BCUT2D eigenvalue weighted by atomic mass is 35.5. The van der Waals surface area contributed by atoms with E-state index >= 15 is 0 Å². The number of nitrogens with zero attached hydrogens (tertiary/aromatic N) is 1. The van der Waals surface area contributed by atoms with E-state index in [9.17, 15) is 4.79 Å². The molecule has 7 heteroatoms. The summed E-state index contributed by atoms with van der Waals surface area (Å²) >= 11 is 11.9. The second kappa shape index (κ2) is 9.47. The molecule has 2 rings (SSSR count). The van der Waals surface area contributed by atoms with Crippen molar-refractivity contribution in [2.75, 3.05) is 39.5 Å². The van der Waals surface area contributed by atoms with Crippen LogP contribution < -0.4 is 10.1 Å². The largest absolute Gasteiger partial charge is 0.482 e. The molecule has 0 aliphatic carbocycles. The summed E-state index contributed by atoms with van der Waals surface area (Å²) in [5.74, 6) is 0.722. The van der Waals surface area contributed by atoms with E-state index in [-0.39, 0.29) is 18.6 Å². The lowest BCUT2D eigenvalue weighted by molar-refractivity contribution is -0.123. The van der Waals surface area contributed by atoms with E-state index < -0.39 is 0 Å². The van der Waals surface area contributed by atoms with Crippen molar-refractivity contribution in [1.29, 1.82) is 0 Å². The van der Waals surface area contributed by atoms with E-state index in [4.69, 9.17) is 32.7 Å². The van der Waals surface area contributed by atoms with Crippen molar-refractivity contribution >= 4 is 29.1 Å². The number of carbonyl (C=O) groups excluding carboxylic acids is 1. The van der Waals surface area contributed by atoms with Crippen LogP contribution in [0, 0.1) is 5.92 Å². The second-order valence-electron chi connectivity index (χ2n) is 6.13. The van der Waals surface area contributed by atoms with Crippen LogP contribution in [-0.4, -0.2) is 56.3 Å². The van der Waals surface area contributed by atoms with Crippen molar-refractivity contribution in [3.05, 3.63) is 28.2 Å². The first kappa shape index (κ1) is 19.3. The minimum atomic E-state index is -0.167. The summed E-state index contributed by atoms with van der Waals surface area (Å²) in [7, 11) is 0. The van der Waals surface area contributed by atoms with Crippen LogP contribution in [-0.2, 0) is 9.53 Å². The Morgan fingerprint density at radius 1 is 1.33 bits per heavy atom. The fourth-order valence-corrected chi connectivity index (χ4v) is 3.16. The maximum atomic E-state index is 12.1. The van der Waals surface area contributed by atoms with Gasteiger partial charge in [0.05, 0.1) is 18.2 Å². The average molecular weight is 375 g/mol. The molecule has 5 nitrogen and oxygen atoms in total. The fourth-order valence-electron chi connectivity index (χ4n) is 2.70. The van der Waals surface area contributed by atoms with Crippen molar-refractivity contribution in [2.45, 2.75) is 19.9 Å². The predicted octanol–water partition coefficient (Wildman–Crippen LogP) is 2.85. The molecule has 0 radical (unpaired) electrons. The molecule has 0 bridgehead atoms. The summed E-state index contributed by atoms with van der Waals surface area (Å²) < 4.78 is 10.8. The zero-order valence-electron chi connectivity index (χ0n) is 14.1.